The van der Waals surface area contributed by atoms with Gasteiger partial charge in [-0.05, 0) is 48.9 Å². The largest absolute Gasteiger partial charge is 0.506 e. The zero-order valence-corrected chi connectivity index (χ0v) is 18.2. The number of nitrogens with one attached hydrogen (secondary N) is 3. The third-order valence-electron chi connectivity index (χ3n) is 5.59. The molecule has 1 atom stereocenters. The maximum atomic E-state index is 14.6. The summed E-state index contributed by atoms with van der Waals surface area (Å²) in [6.45, 7) is 4.13. The van der Waals surface area contributed by atoms with E-state index in [1.165, 1.54) is 18.3 Å². The van der Waals surface area contributed by atoms with Crippen molar-refractivity contribution in [2.24, 2.45) is 5.92 Å². The highest BCUT2D eigenvalue weighted by atomic mass is 19.1. The van der Waals surface area contributed by atoms with Crippen LogP contribution in [-0.4, -0.2) is 61.6 Å². The van der Waals surface area contributed by atoms with E-state index in [0.29, 0.717) is 19.1 Å². The van der Waals surface area contributed by atoms with Crippen LogP contribution in [0.15, 0.2) is 30.5 Å². The number of morpholine rings is 1. The number of ether oxygens (including phenoxy) is 2. The Bertz CT molecular complexity index is 1040. The third kappa shape index (κ3) is 6.42. The highest BCUT2D eigenvalue weighted by Crippen LogP contribution is 2.34. The molecule has 1 aromatic carbocycles. The molecule has 0 spiro atoms. The van der Waals surface area contributed by atoms with Gasteiger partial charge in [-0.2, -0.15) is 0 Å². The molecule has 0 bridgehead atoms. The Morgan fingerprint density at radius 2 is 2.09 bits per heavy atom. The first-order valence-corrected chi connectivity index (χ1v) is 11.0. The fraction of sp³-hybridized carbons (Fsp3) is 0.417. The lowest BCUT2D eigenvalue weighted by Gasteiger charge is -2.22. The maximum Gasteiger partial charge on any atom is 0.301 e. The molecule has 1 amide bonds. The van der Waals surface area contributed by atoms with Crippen molar-refractivity contribution in [3.05, 3.63) is 36.3 Å². The molecule has 2 aromatic rings. The predicted octanol–water partition coefficient (Wildman–Crippen LogP) is 2.36. The summed E-state index contributed by atoms with van der Waals surface area (Å²) in [7, 11) is 0. The van der Waals surface area contributed by atoms with Crippen LogP contribution in [0.25, 0.3) is 11.1 Å². The van der Waals surface area contributed by atoms with Crippen molar-refractivity contribution in [1.82, 2.24) is 10.3 Å². The van der Waals surface area contributed by atoms with E-state index in [2.05, 4.69) is 32.8 Å². The molecule has 3 heterocycles. The summed E-state index contributed by atoms with van der Waals surface area (Å²) in [5, 5.41) is 19.4. The lowest BCUT2D eigenvalue weighted by molar-refractivity contribution is -0.111. The minimum absolute atomic E-state index is 0.157. The van der Waals surface area contributed by atoms with Crippen LogP contribution < -0.4 is 16.0 Å². The zero-order valence-electron chi connectivity index (χ0n) is 18.2. The topological polar surface area (TPSA) is 105 Å². The van der Waals surface area contributed by atoms with Gasteiger partial charge in [0, 0.05) is 49.7 Å². The summed E-state index contributed by atoms with van der Waals surface area (Å²) < 4.78 is 25.5. The summed E-state index contributed by atoms with van der Waals surface area (Å²) in [4.78, 5) is 16.2. The number of nitrogens with zero attached hydrogens (tertiary/aromatic N) is 1. The molecule has 0 saturated carbocycles. The molecule has 1 aromatic heterocycles. The Kier molecular flexibility index (Phi) is 7.73. The number of hydrogen-bond acceptors (Lipinski definition) is 7. The van der Waals surface area contributed by atoms with E-state index in [-0.39, 0.29) is 28.8 Å². The summed E-state index contributed by atoms with van der Waals surface area (Å²) in [5.74, 6) is 4.64. The van der Waals surface area contributed by atoms with E-state index < -0.39 is 11.7 Å². The highest BCUT2D eigenvalue weighted by molar-refractivity contribution is 6.03. The number of halogens is 1. The van der Waals surface area contributed by atoms with Crippen LogP contribution in [0.5, 0.6) is 5.75 Å². The zero-order chi connectivity index (χ0) is 23.0. The average Bonchev–Trinajstić information content (AvgIpc) is 2.85. The van der Waals surface area contributed by atoms with Crippen LogP contribution in [-0.2, 0) is 14.3 Å². The van der Waals surface area contributed by atoms with Gasteiger partial charge in [-0.25, -0.2) is 9.37 Å². The first-order chi connectivity index (χ1) is 16.1. The fourth-order valence-corrected chi connectivity index (χ4v) is 3.74. The minimum Gasteiger partial charge on any atom is -0.506 e. The molecular weight excluding hydrogens is 427 g/mol. The highest BCUT2D eigenvalue weighted by Gasteiger charge is 2.16. The van der Waals surface area contributed by atoms with Gasteiger partial charge in [0.2, 0.25) is 0 Å². The van der Waals surface area contributed by atoms with Crippen LogP contribution in [0.1, 0.15) is 12.8 Å². The summed E-state index contributed by atoms with van der Waals surface area (Å²) in [6.07, 6.45) is 2.80. The second kappa shape index (κ2) is 11.1. The molecule has 1 unspecified atom stereocenters. The number of amides is 1. The van der Waals surface area contributed by atoms with Crippen molar-refractivity contribution < 1.29 is 23.8 Å². The van der Waals surface area contributed by atoms with Crippen LogP contribution in [0, 0.1) is 23.6 Å². The molecule has 8 nitrogen and oxygen atoms in total. The molecule has 4 rings (SSSR count). The minimum atomic E-state index is -0.569. The van der Waals surface area contributed by atoms with Gasteiger partial charge in [0.15, 0.2) is 0 Å². The van der Waals surface area contributed by atoms with Crippen molar-refractivity contribution in [2.45, 2.75) is 18.9 Å². The Labute approximate surface area is 191 Å². The smallest absolute Gasteiger partial charge is 0.301 e. The van der Waals surface area contributed by atoms with E-state index in [4.69, 9.17) is 9.47 Å². The third-order valence-corrected chi connectivity index (χ3v) is 5.59. The van der Waals surface area contributed by atoms with Gasteiger partial charge in [-0.1, -0.05) is 5.92 Å². The normalized spacial score (nSPS) is 18.8. The Morgan fingerprint density at radius 1 is 1.24 bits per heavy atom. The quantitative estimate of drug-likeness (QED) is 0.514. The van der Waals surface area contributed by atoms with Gasteiger partial charge < -0.3 is 25.2 Å². The fourth-order valence-electron chi connectivity index (χ4n) is 3.74. The molecule has 0 radical (unpaired) electrons. The SMILES string of the molecule is O=C(C#CC1CNCCO1)Nc1cc(-c2cc(NCC3CCOCC3)ccc2F)c(O)cn1. The summed E-state index contributed by atoms with van der Waals surface area (Å²) in [6, 6.07) is 6.08. The Balaban J connectivity index is 1.46. The van der Waals surface area contributed by atoms with Crippen molar-refractivity contribution in [1.29, 1.82) is 0 Å². The molecule has 2 fully saturated rings. The first kappa shape index (κ1) is 23.0. The van der Waals surface area contributed by atoms with E-state index in [0.717, 1.165) is 44.8 Å². The number of benzene rings is 1. The average molecular weight is 455 g/mol. The molecule has 174 valence electrons. The second-order valence-corrected chi connectivity index (χ2v) is 8.00. The predicted molar refractivity (Wildman–Crippen MR) is 122 cm³/mol. The van der Waals surface area contributed by atoms with Crippen molar-refractivity contribution in [3.63, 3.8) is 0 Å². The molecular formula is C24H27FN4O4. The lowest BCUT2D eigenvalue weighted by Crippen LogP contribution is -2.37. The Hall–Kier alpha value is -3.19. The molecule has 33 heavy (non-hydrogen) atoms. The maximum absolute atomic E-state index is 14.6. The van der Waals surface area contributed by atoms with Gasteiger partial charge in [0.25, 0.3) is 0 Å². The standard InChI is InChI=1S/C24H27FN4O4/c25-21-3-1-17(27-13-16-5-8-32-9-6-16)11-19(21)20-12-23(28-15-22(20)30)29-24(31)4-2-18-14-26-7-10-33-18/h1,3,11-12,15-16,18,26-27,30H,5-10,13-14H2,(H,28,29,31). The van der Waals surface area contributed by atoms with E-state index in [1.807, 2.05) is 0 Å². The van der Waals surface area contributed by atoms with E-state index in [9.17, 15) is 14.3 Å². The van der Waals surface area contributed by atoms with Crippen molar-refractivity contribution >= 4 is 17.4 Å². The van der Waals surface area contributed by atoms with Crippen LogP contribution in [0.4, 0.5) is 15.9 Å². The number of aromatic nitrogens is 1. The number of pyridine rings is 1. The van der Waals surface area contributed by atoms with Gasteiger partial charge in [-0.3, -0.25) is 10.1 Å². The van der Waals surface area contributed by atoms with Crippen LogP contribution in [0.2, 0.25) is 0 Å². The molecule has 9 heteroatoms. The monoisotopic (exact) mass is 454 g/mol. The van der Waals surface area contributed by atoms with Gasteiger partial charge in [0.1, 0.15) is 23.5 Å². The molecule has 4 N–H and O–H groups in total. The van der Waals surface area contributed by atoms with Crippen LogP contribution >= 0.6 is 0 Å². The van der Waals surface area contributed by atoms with Gasteiger partial charge >= 0.3 is 5.91 Å². The summed E-state index contributed by atoms with van der Waals surface area (Å²) in [5.41, 5.74) is 1.17. The number of carbonyl (C=O) groups excluding carboxylic acids is 1. The molecule has 2 saturated heterocycles. The first-order valence-electron chi connectivity index (χ1n) is 11.0. The lowest BCUT2D eigenvalue weighted by atomic mass is 10.00. The van der Waals surface area contributed by atoms with E-state index in [1.54, 1.807) is 12.1 Å². The number of aromatic hydroxyl groups is 1. The second-order valence-electron chi connectivity index (χ2n) is 8.00. The van der Waals surface area contributed by atoms with Crippen molar-refractivity contribution in [3.8, 4) is 28.7 Å². The molecule has 2 aliphatic heterocycles. The number of carbonyl (C=O) groups is 1. The summed E-state index contributed by atoms with van der Waals surface area (Å²) >= 11 is 0. The van der Waals surface area contributed by atoms with E-state index >= 15 is 0 Å². The molecule has 2 aliphatic rings. The van der Waals surface area contributed by atoms with Crippen LogP contribution in [0.3, 0.4) is 0 Å². The van der Waals surface area contributed by atoms with Gasteiger partial charge in [-0.15, -0.1) is 0 Å². The number of rotatable bonds is 5. The number of hydrogen-bond donors (Lipinski definition) is 4. The molecule has 0 aliphatic carbocycles. The number of anilines is 2. The Morgan fingerprint density at radius 3 is 2.88 bits per heavy atom. The van der Waals surface area contributed by atoms with Gasteiger partial charge in [0.05, 0.1) is 12.8 Å². The van der Waals surface area contributed by atoms with Crippen molar-refractivity contribution in [2.75, 3.05) is 50.1 Å².